The van der Waals surface area contributed by atoms with Crippen LogP contribution in [0.4, 0.5) is 11.8 Å². The summed E-state index contributed by atoms with van der Waals surface area (Å²) in [5, 5.41) is 0. The first-order chi connectivity index (χ1) is 13.0. The molecule has 0 aliphatic carbocycles. The Hall–Kier alpha value is -2.89. The highest BCUT2D eigenvalue weighted by molar-refractivity contribution is 5.48. The van der Waals surface area contributed by atoms with E-state index in [-0.39, 0.29) is 0 Å². The number of benzene rings is 1. The first-order valence-electron chi connectivity index (χ1n) is 9.47. The zero-order valence-electron chi connectivity index (χ0n) is 16.4. The predicted molar refractivity (Wildman–Crippen MR) is 109 cm³/mol. The number of hydrogen-bond acceptors (Lipinski definition) is 5. The van der Waals surface area contributed by atoms with Gasteiger partial charge < -0.3 is 14.4 Å². The quantitative estimate of drug-likeness (QED) is 0.712. The molecule has 0 spiro atoms. The second-order valence-electron chi connectivity index (χ2n) is 7.39. The maximum absolute atomic E-state index is 4.82. The van der Waals surface area contributed by atoms with Crippen molar-refractivity contribution in [3.05, 3.63) is 59.8 Å². The molecule has 0 bridgehead atoms. The van der Waals surface area contributed by atoms with Crippen molar-refractivity contribution in [1.82, 2.24) is 19.5 Å². The predicted octanol–water partition coefficient (Wildman–Crippen LogP) is 3.38. The zero-order valence-corrected chi connectivity index (χ0v) is 16.4. The maximum Gasteiger partial charge on any atom is 0.227 e. The van der Waals surface area contributed by atoms with E-state index in [9.17, 15) is 0 Å². The summed E-state index contributed by atoms with van der Waals surface area (Å²) < 4.78 is 2.20. The van der Waals surface area contributed by atoms with Crippen molar-refractivity contribution >= 4 is 11.8 Å². The molecule has 4 rings (SSSR count). The lowest BCUT2D eigenvalue weighted by Crippen LogP contribution is -2.33. The fraction of sp³-hybridized carbons (Fsp3) is 0.381. The number of imidazole rings is 1. The number of hydrogen-bond donors (Lipinski definition) is 0. The van der Waals surface area contributed by atoms with E-state index in [1.165, 1.54) is 11.4 Å². The number of aryl methyl sites for hydroxylation is 1. The van der Waals surface area contributed by atoms with Crippen LogP contribution in [0, 0.1) is 6.92 Å². The van der Waals surface area contributed by atoms with E-state index in [2.05, 4.69) is 68.5 Å². The number of para-hydroxylation sites is 1. The van der Waals surface area contributed by atoms with Crippen LogP contribution >= 0.6 is 0 Å². The summed E-state index contributed by atoms with van der Waals surface area (Å²) in [6, 6.07) is 12.8. The van der Waals surface area contributed by atoms with E-state index in [4.69, 9.17) is 4.98 Å². The van der Waals surface area contributed by atoms with Crippen molar-refractivity contribution < 1.29 is 0 Å². The van der Waals surface area contributed by atoms with E-state index in [0.29, 0.717) is 6.04 Å². The van der Waals surface area contributed by atoms with Crippen molar-refractivity contribution in [1.29, 1.82) is 0 Å². The summed E-state index contributed by atoms with van der Waals surface area (Å²) in [6.45, 7) is 8.02. The van der Waals surface area contributed by atoms with Gasteiger partial charge in [0.25, 0.3) is 0 Å². The lowest BCUT2D eigenvalue weighted by molar-refractivity contribution is 0.681. The van der Waals surface area contributed by atoms with Gasteiger partial charge in [0.1, 0.15) is 5.82 Å². The molecule has 0 saturated carbocycles. The van der Waals surface area contributed by atoms with Crippen molar-refractivity contribution in [2.45, 2.75) is 39.8 Å². The standard InChI is InChI=1S/C21H26N6/c1-15(2)25(4)21-23-16(3)12-20(24-21)26-11-10-19-18(13-26)22-14-27(19)17-8-6-5-7-9-17/h5-9,12,14-15H,10-11,13H2,1-4H3. The monoisotopic (exact) mass is 362 g/mol. The third-order valence-electron chi connectivity index (χ3n) is 5.19. The van der Waals surface area contributed by atoms with Crippen LogP contribution in [0.1, 0.15) is 30.9 Å². The smallest absolute Gasteiger partial charge is 0.227 e. The van der Waals surface area contributed by atoms with Crippen LogP contribution in [0.15, 0.2) is 42.7 Å². The second-order valence-corrected chi connectivity index (χ2v) is 7.39. The molecule has 0 unspecified atom stereocenters. The first kappa shape index (κ1) is 17.5. The third-order valence-corrected chi connectivity index (χ3v) is 5.19. The molecule has 0 amide bonds. The van der Waals surface area contributed by atoms with Gasteiger partial charge in [-0.25, -0.2) is 9.97 Å². The molecule has 6 heteroatoms. The molecule has 0 N–H and O–H groups in total. The molecule has 2 aromatic heterocycles. The summed E-state index contributed by atoms with van der Waals surface area (Å²) in [7, 11) is 2.04. The van der Waals surface area contributed by atoms with E-state index < -0.39 is 0 Å². The Morgan fingerprint density at radius 2 is 1.89 bits per heavy atom. The lowest BCUT2D eigenvalue weighted by Gasteiger charge is -2.29. The van der Waals surface area contributed by atoms with Crippen molar-refractivity contribution in [2.75, 3.05) is 23.4 Å². The average Bonchev–Trinajstić information content (AvgIpc) is 3.10. The van der Waals surface area contributed by atoms with Gasteiger partial charge in [-0.3, -0.25) is 0 Å². The first-order valence-corrected chi connectivity index (χ1v) is 9.47. The fourth-order valence-electron chi connectivity index (χ4n) is 3.40. The number of rotatable bonds is 4. The molecule has 1 aliphatic heterocycles. The Kier molecular flexibility index (Phi) is 4.56. The minimum Gasteiger partial charge on any atom is -0.350 e. The van der Waals surface area contributed by atoms with Crippen LogP contribution in [0.3, 0.4) is 0 Å². The molecule has 27 heavy (non-hydrogen) atoms. The number of aromatic nitrogens is 4. The Labute approximate surface area is 160 Å². The van der Waals surface area contributed by atoms with Gasteiger partial charge in [0.15, 0.2) is 0 Å². The van der Waals surface area contributed by atoms with Crippen molar-refractivity contribution in [2.24, 2.45) is 0 Å². The molecule has 0 fully saturated rings. The topological polar surface area (TPSA) is 50.1 Å². The molecule has 3 aromatic rings. The van der Waals surface area contributed by atoms with E-state index >= 15 is 0 Å². The minimum absolute atomic E-state index is 0.356. The van der Waals surface area contributed by atoms with Crippen LogP contribution in [0.25, 0.3) is 5.69 Å². The molecule has 3 heterocycles. The highest BCUT2D eigenvalue weighted by atomic mass is 15.3. The average molecular weight is 362 g/mol. The van der Waals surface area contributed by atoms with Gasteiger partial charge in [-0.1, -0.05) is 18.2 Å². The Morgan fingerprint density at radius 1 is 1.11 bits per heavy atom. The number of nitrogens with zero attached hydrogens (tertiary/aromatic N) is 6. The second kappa shape index (κ2) is 7.02. The number of fused-ring (bicyclic) bond motifs is 1. The molecule has 6 nitrogen and oxygen atoms in total. The normalized spacial score (nSPS) is 13.7. The molecule has 140 valence electrons. The van der Waals surface area contributed by atoms with Crippen LogP contribution < -0.4 is 9.80 Å². The Morgan fingerprint density at radius 3 is 2.63 bits per heavy atom. The summed E-state index contributed by atoms with van der Waals surface area (Å²) in [6.07, 6.45) is 2.88. The van der Waals surface area contributed by atoms with Gasteiger partial charge in [0.2, 0.25) is 5.95 Å². The third kappa shape index (κ3) is 3.39. The Bertz CT molecular complexity index is 931. The molecule has 1 aliphatic rings. The van der Waals surface area contributed by atoms with Gasteiger partial charge in [0, 0.05) is 49.2 Å². The summed E-state index contributed by atoms with van der Waals surface area (Å²) in [5.74, 6) is 1.76. The molecule has 1 aromatic carbocycles. The van der Waals surface area contributed by atoms with E-state index in [1.807, 2.05) is 26.4 Å². The van der Waals surface area contributed by atoms with Crippen molar-refractivity contribution in [3.63, 3.8) is 0 Å². The van der Waals surface area contributed by atoms with Crippen LogP contribution in [-0.4, -0.2) is 39.2 Å². The van der Waals surface area contributed by atoms with Gasteiger partial charge in [-0.05, 0) is 32.9 Å². The summed E-state index contributed by atoms with van der Waals surface area (Å²) in [4.78, 5) is 18.5. The van der Waals surface area contributed by atoms with E-state index in [1.54, 1.807) is 0 Å². The minimum atomic E-state index is 0.356. The maximum atomic E-state index is 4.82. The van der Waals surface area contributed by atoms with Crippen LogP contribution in [0.2, 0.25) is 0 Å². The van der Waals surface area contributed by atoms with Crippen LogP contribution in [0.5, 0.6) is 0 Å². The Balaban J connectivity index is 1.62. The van der Waals surface area contributed by atoms with Crippen LogP contribution in [-0.2, 0) is 13.0 Å². The number of anilines is 2. The summed E-state index contributed by atoms with van der Waals surface area (Å²) in [5.41, 5.74) is 4.57. The molecular formula is C21H26N6. The van der Waals surface area contributed by atoms with Gasteiger partial charge in [0.05, 0.1) is 18.6 Å². The molecule has 0 radical (unpaired) electrons. The lowest BCUT2D eigenvalue weighted by atomic mass is 10.1. The SMILES string of the molecule is Cc1cc(N2CCc3c(ncn3-c3ccccc3)C2)nc(N(C)C(C)C)n1. The fourth-order valence-corrected chi connectivity index (χ4v) is 3.40. The molecule has 0 atom stereocenters. The van der Waals surface area contributed by atoms with Gasteiger partial charge in [-0.15, -0.1) is 0 Å². The van der Waals surface area contributed by atoms with Crippen molar-refractivity contribution in [3.8, 4) is 5.69 Å². The highest BCUT2D eigenvalue weighted by Gasteiger charge is 2.23. The van der Waals surface area contributed by atoms with E-state index in [0.717, 1.165) is 42.7 Å². The largest absolute Gasteiger partial charge is 0.350 e. The van der Waals surface area contributed by atoms with Gasteiger partial charge >= 0.3 is 0 Å². The molecule has 0 saturated heterocycles. The zero-order chi connectivity index (χ0) is 19.0. The summed E-state index contributed by atoms with van der Waals surface area (Å²) >= 11 is 0. The molecular weight excluding hydrogens is 336 g/mol. The highest BCUT2D eigenvalue weighted by Crippen LogP contribution is 2.26. The van der Waals surface area contributed by atoms with Gasteiger partial charge in [-0.2, -0.15) is 4.98 Å².